The number of unbranched alkanes of at least 4 members (excludes halogenated alkanes) is 1. The predicted molar refractivity (Wildman–Crippen MR) is 136 cm³/mol. The fourth-order valence-electron chi connectivity index (χ4n) is 4.19. The topological polar surface area (TPSA) is 94.3 Å². The second-order valence-electron chi connectivity index (χ2n) is 8.38. The summed E-state index contributed by atoms with van der Waals surface area (Å²) in [4.78, 5) is 17.8. The van der Waals surface area contributed by atoms with Gasteiger partial charge in [-0.25, -0.2) is 14.3 Å². The Balaban J connectivity index is 1.49. The Morgan fingerprint density at radius 2 is 1.92 bits per heavy atom. The van der Waals surface area contributed by atoms with Crippen LogP contribution in [0, 0.1) is 5.82 Å². The quantitative estimate of drug-likeness (QED) is 0.319. The van der Waals surface area contributed by atoms with E-state index < -0.39 is 5.82 Å². The lowest BCUT2D eigenvalue weighted by atomic mass is 10.0. The number of aromatic nitrogens is 7. The molecule has 0 atom stereocenters. The van der Waals surface area contributed by atoms with Gasteiger partial charge >= 0.3 is 5.69 Å². The van der Waals surface area contributed by atoms with Crippen LogP contribution in [0.3, 0.4) is 0 Å². The zero-order valence-electron chi connectivity index (χ0n) is 19.5. The van der Waals surface area contributed by atoms with E-state index in [1.807, 2.05) is 36.4 Å². The number of para-hydroxylation sites is 1. The van der Waals surface area contributed by atoms with Crippen molar-refractivity contribution in [2.24, 2.45) is 0 Å². The number of imidazole rings is 1. The lowest BCUT2D eigenvalue weighted by molar-refractivity contribution is 0.613. The molecule has 3 aromatic heterocycles. The standard InChI is InChI=1S/C26H23ClFN7O/c1-2-3-6-19-16-35(24-21(27)8-4-9-22(24)28)26(36)34(19)15-17-10-12-18(13-11-17)20-7-5-14-29-23(20)25-30-32-33-31-25/h4-5,7-14,16H,2-3,6,15H2,1H3,(H,30,31,32,33). The summed E-state index contributed by atoms with van der Waals surface area (Å²) in [5.74, 6) is -0.0580. The maximum absolute atomic E-state index is 14.6. The number of benzene rings is 2. The third kappa shape index (κ3) is 4.57. The Hall–Kier alpha value is -4.11. The number of halogens is 2. The summed E-state index contributed by atoms with van der Waals surface area (Å²) in [6.45, 7) is 2.44. The van der Waals surface area contributed by atoms with Crippen molar-refractivity contribution in [2.45, 2.75) is 32.7 Å². The molecule has 0 spiro atoms. The molecule has 0 aliphatic heterocycles. The van der Waals surface area contributed by atoms with Gasteiger partial charge in [-0.15, -0.1) is 5.10 Å². The van der Waals surface area contributed by atoms with Crippen LogP contribution >= 0.6 is 11.6 Å². The van der Waals surface area contributed by atoms with E-state index in [0.717, 1.165) is 35.2 Å². The van der Waals surface area contributed by atoms with Crippen molar-refractivity contribution < 1.29 is 4.39 Å². The van der Waals surface area contributed by atoms with Crippen LogP contribution in [0.2, 0.25) is 5.02 Å². The van der Waals surface area contributed by atoms with Gasteiger partial charge in [0.15, 0.2) is 5.82 Å². The zero-order chi connectivity index (χ0) is 25.1. The van der Waals surface area contributed by atoms with Crippen molar-refractivity contribution in [2.75, 3.05) is 0 Å². The Morgan fingerprint density at radius 1 is 1.08 bits per heavy atom. The van der Waals surface area contributed by atoms with Gasteiger partial charge < -0.3 is 0 Å². The number of nitrogens with zero attached hydrogens (tertiary/aromatic N) is 6. The molecule has 0 aliphatic rings. The molecule has 8 nitrogen and oxygen atoms in total. The number of pyridine rings is 1. The highest BCUT2D eigenvalue weighted by molar-refractivity contribution is 6.32. The third-order valence-electron chi connectivity index (χ3n) is 6.01. The molecule has 3 heterocycles. The molecular weight excluding hydrogens is 481 g/mol. The summed E-state index contributed by atoms with van der Waals surface area (Å²) in [7, 11) is 0. The number of aryl methyl sites for hydroxylation is 1. The van der Waals surface area contributed by atoms with Crippen molar-refractivity contribution in [3.63, 3.8) is 0 Å². The van der Waals surface area contributed by atoms with Crippen LogP contribution in [0.25, 0.3) is 28.3 Å². The van der Waals surface area contributed by atoms with E-state index in [4.69, 9.17) is 11.6 Å². The first-order chi connectivity index (χ1) is 17.6. The van der Waals surface area contributed by atoms with E-state index in [9.17, 15) is 9.18 Å². The summed E-state index contributed by atoms with van der Waals surface area (Å²) >= 11 is 6.26. The lowest BCUT2D eigenvalue weighted by Crippen LogP contribution is -2.25. The van der Waals surface area contributed by atoms with Gasteiger partial charge in [-0.2, -0.15) is 0 Å². The third-order valence-corrected chi connectivity index (χ3v) is 6.31. The van der Waals surface area contributed by atoms with Gasteiger partial charge in [0, 0.05) is 23.7 Å². The van der Waals surface area contributed by atoms with Gasteiger partial charge in [-0.3, -0.25) is 14.1 Å². The zero-order valence-corrected chi connectivity index (χ0v) is 20.3. The average molecular weight is 504 g/mol. The fourth-order valence-corrected chi connectivity index (χ4v) is 4.45. The minimum absolute atomic E-state index is 0.0713. The Morgan fingerprint density at radius 3 is 2.64 bits per heavy atom. The van der Waals surface area contributed by atoms with Gasteiger partial charge in [-0.1, -0.05) is 61.3 Å². The monoisotopic (exact) mass is 503 g/mol. The lowest BCUT2D eigenvalue weighted by Gasteiger charge is -2.10. The molecule has 182 valence electrons. The molecule has 0 saturated heterocycles. The molecule has 0 fully saturated rings. The molecule has 10 heteroatoms. The van der Waals surface area contributed by atoms with E-state index in [0.29, 0.717) is 24.5 Å². The molecule has 0 saturated carbocycles. The van der Waals surface area contributed by atoms with Crippen LogP contribution in [-0.2, 0) is 13.0 Å². The molecule has 0 bridgehead atoms. The molecule has 5 aromatic rings. The highest BCUT2D eigenvalue weighted by Gasteiger charge is 2.18. The van der Waals surface area contributed by atoms with Crippen molar-refractivity contribution in [1.82, 2.24) is 34.7 Å². The first-order valence-corrected chi connectivity index (χ1v) is 12.0. The second kappa shape index (κ2) is 10.2. The van der Waals surface area contributed by atoms with Crippen LogP contribution in [0.4, 0.5) is 4.39 Å². The number of H-pyrrole nitrogens is 1. The number of nitrogens with one attached hydrogen (secondary N) is 1. The van der Waals surface area contributed by atoms with Crippen LogP contribution in [0.1, 0.15) is 31.0 Å². The van der Waals surface area contributed by atoms with E-state index in [-0.39, 0.29) is 16.4 Å². The largest absolute Gasteiger partial charge is 0.333 e. The first kappa shape index (κ1) is 23.6. The normalized spacial score (nSPS) is 11.2. The van der Waals surface area contributed by atoms with Crippen molar-refractivity contribution in [3.05, 3.63) is 99.6 Å². The molecule has 2 aromatic carbocycles. The predicted octanol–water partition coefficient (Wildman–Crippen LogP) is 5.06. The smallest absolute Gasteiger partial charge is 0.292 e. The number of hydrogen-bond donors (Lipinski definition) is 1. The van der Waals surface area contributed by atoms with Crippen LogP contribution < -0.4 is 5.69 Å². The average Bonchev–Trinajstić information content (AvgIpc) is 3.53. The summed E-state index contributed by atoms with van der Waals surface area (Å²) in [5.41, 5.74) is 3.97. The molecule has 1 N–H and O–H groups in total. The van der Waals surface area contributed by atoms with Gasteiger partial charge in [0.1, 0.15) is 17.2 Å². The Kier molecular flexibility index (Phi) is 6.73. The maximum Gasteiger partial charge on any atom is 0.333 e. The Labute approximate surface area is 211 Å². The van der Waals surface area contributed by atoms with Crippen LogP contribution in [-0.4, -0.2) is 34.7 Å². The van der Waals surface area contributed by atoms with Crippen molar-refractivity contribution in [3.8, 4) is 28.3 Å². The Bertz CT molecular complexity index is 1520. The van der Waals surface area contributed by atoms with Gasteiger partial charge in [0.05, 0.1) is 11.6 Å². The van der Waals surface area contributed by atoms with Gasteiger partial charge in [0.25, 0.3) is 0 Å². The summed E-state index contributed by atoms with van der Waals surface area (Å²) in [6.07, 6.45) is 5.97. The van der Waals surface area contributed by atoms with Crippen molar-refractivity contribution >= 4 is 11.6 Å². The molecular formula is C26H23ClFN7O. The van der Waals surface area contributed by atoms with Crippen LogP contribution in [0.15, 0.2) is 71.8 Å². The fraction of sp³-hybridized carbons (Fsp3) is 0.192. The minimum Gasteiger partial charge on any atom is -0.292 e. The number of tetrazole rings is 1. The highest BCUT2D eigenvalue weighted by atomic mass is 35.5. The van der Waals surface area contributed by atoms with E-state index in [1.165, 1.54) is 16.7 Å². The second-order valence-corrected chi connectivity index (χ2v) is 8.79. The minimum atomic E-state index is -0.539. The summed E-state index contributed by atoms with van der Waals surface area (Å²) < 4.78 is 17.6. The molecule has 0 radical (unpaired) electrons. The summed E-state index contributed by atoms with van der Waals surface area (Å²) in [6, 6.07) is 16.1. The van der Waals surface area contributed by atoms with Gasteiger partial charge in [-0.05, 0) is 52.6 Å². The van der Waals surface area contributed by atoms with Crippen molar-refractivity contribution in [1.29, 1.82) is 0 Å². The SMILES string of the molecule is CCCCc1cn(-c2c(F)cccc2Cl)c(=O)n1Cc1ccc(-c2cccnc2-c2nnn[nH]2)cc1. The molecule has 0 unspecified atom stereocenters. The molecule has 36 heavy (non-hydrogen) atoms. The van der Waals surface area contributed by atoms with Gasteiger partial charge in [0.2, 0.25) is 0 Å². The summed E-state index contributed by atoms with van der Waals surface area (Å²) in [5, 5.41) is 14.2. The maximum atomic E-state index is 14.6. The molecule has 0 aliphatic carbocycles. The molecule has 0 amide bonds. The van der Waals surface area contributed by atoms with E-state index >= 15 is 0 Å². The van der Waals surface area contributed by atoms with Crippen LogP contribution in [0.5, 0.6) is 0 Å². The van der Waals surface area contributed by atoms with E-state index in [2.05, 4.69) is 32.5 Å². The number of rotatable bonds is 8. The molecule has 5 rings (SSSR count). The highest BCUT2D eigenvalue weighted by Crippen LogP contribution is 2.28. The van der Waals surface area contributed by atoms with E-state index in [1.54, 1.807) is 23.0 Å². The number of aromatic amines is 1. The first-order valence-electron chi connectivity index (χ1n) is 11.6. The number of hydrogen-bond acceptors (Lipinski definition) is 5.